The van der Waals surface area contributed by atoms with Crippen molar-refractivity contribution in [2.75, 3.05) is 13.7 Å². The van der Waals surface area contributed by atoms with Gasteiger partial charge in [-0.1, -0.05) is 12.1 Å². The number of halogens is 1. The second-order valence-electron chi connectivity index (χ2n) is 5.10. The number of methoxy groups -OCH3 is 1. The van der Waals surface area contributed by atoms with Crippen LogP contribution in [-0.4, -0.2) is 23.8 Å². The number of pyridine rings is 1. The van der Waals surface area contributed by atoms with Gasteiger partial charge in [-0.2, -0.15) is 0 Å². The minimum Gasteiger partial charge on any atom is -0.493 e. The van der Waals surface area contributed by atoms with Gasteiger partial charge in [0.1, 0.15) is 18.5 Å². The number of rotatable bonds is 5. The second kappa shape index (κ2) is 6.62. The molecule has 0 aliphatic rings. The van der Waals surface area contributed by atoms with E-state index < -0.39 is 6.10 Å². The van der Waals surface area contributed by atoms with Gasteiger partial charge < -0.3 is 14.6 Å². The minimum absolute atomic E-state index is 0.0355. The summed E-state index contributed by atoms with van der Waals surface area (Å²) in [6, 6.07) is 11.2. The fraction of sp³-hybridized carbons (Fsp3) is 0.167. The Bertz CT molecular complexity index is 805. The number of nitrogens with zero attached hydrogens (tertiary/aromatic N) is 1. The molecule has 1 heterocycles. The molecule has 0 spiro atoms. The average molecular weight is 313 g/mol. The highest BCUT2D eigenvalue weighted by Gasteiger charge is 2.12. The molecule has 0 saturated carbocycles. The van der Waals surface area contributed by atoms with Gasteiger partial charge in [-0.15, -0.1) is 0 Å². The van der Waals surface area contributed by atoms with Crippen molar-refractivity contribution < 1.29 is 19.0 Å². The maximum Gasteiger partial charge on any atom is 0.162 e. The van der Waals surface area contributed by atoms with Crippen LogP contribution in [0.5, 0.6) is 11.5 Å². The first-order valence-electron chi connectivity index (χ1n) is 7.15. The molecular formula is C18H16FNO3. The molecule has 0 radical (unpaired) electrons. The van der Waals surface area contributed by atoms with Gasteiger partial charge in [0.05, 0.1) is 7.11 Å². The van der Waals surface area contributed by atoms with Gasteiger partial charge in [0.2, 0.25) is 0 Å². The summed E-state index contributed by atoms with van der Waals surface area (Å²) in [5.41, 5.74) is 0.591. The first kappa shape index (κ1) is 15.2. The van der Waals surface area contributed by atoms with E-state index in [4.69, 9.17) is 9.47 Å². The van der Waals surface area contributed by atoms with E-state index in [1.165, 1.54) is 24.3 Å². The Hall–Kier alpha value is -2.66. The zero-order valence-corrected chi connectivity index (χ0v) is 12.6. The van der Waals surface area contributed by atoms with Gasteiger partial charge in [0, 0.05) is 17.8 Å². The van der Waals surface area contributed by atoms with Crippen molar-refractivity contribution in [3.8, 4) is 11.5 Å². The molecule has 118 valence electrons. The third-order valence-electron chi connectivity index (χ3n) is 3.57. The third kappa shape index (κ3) is 3.40. The van der Waals surface area contributed by atoms with Crippen LogP contribution in [-0.2, 0) is 0 Å². The molecule has 0 saturated heterocycles. The number of aliphatic hydroxyl groups excluding tert-OH is 1. The Morgan fingerprint density at radius 3 is 2.57 bits per heavy atom. The zero-order valence-electron chi connectivity index (χ0n) is 12.6. The average Bonchev–Trinajstić information content (AvgIpc) is 2.59. The molecule has 1 aromatic heterocycles. The molecule has 1 unspecified atom stereocenters. The van der Waals surface area contributed by atoms with Crippen molar-refractivity contribution >= 4 is 10.8 Å². The lowest BCUT2D eigenvalue weighted by atomic mass is 10.1. The van der Waals surface area contributed by atoms with E-state index in [1.54, 1.807) is 19.5 Å². The van der Waals surface area contributed by atoms with E-state index in [0.717, 1.165) is 10.8 Å². The van der Waals surface area contributed by atoms with Gasteiger partial charge in [0.15, 0.2) is 11.5 Å². The Kier molecular flexibility index (Phi) is 4.39. The fourth-order valence-electron chi connectivity index (χ4n) is 2.32. The van der Waals surface area contributed by atoms with E-state index in [-0.39, 0.29) is 12.4 Å². The van der Waals surface area contributed by atoms with Crippen LogP contribution in [0.15, 0.2) is 54.9 Å². The predicted molar refractivity (Wildman–Crippen MR) is 85.1 cm³/mol. The van der Waals surface area contributed by atoms with Crippen molar-refractivity contribution in [1.82, 2.24) is 4.98 Å². The minimum atomic E-state index is -0.857. The largest absolute Gasteiger partial charge is 0.493 e. The molecule has 4 nitrogen and oxygen atoms in total. The Morgan fingerprint density at radius 2 is 1.83 bits per heavy atom. The highest BCUT2D eigenvalue weighted by Crippen LogP contribution is 2.32. The lowest BCUT2D eigenvalue weighted by Crippen LogP contribution is -2.10. The van der Waals surface area contributed by atoms with Crippen LogP contribution in [0.25, 0.3) is 10.8 Å². The van der Waals surface area contributed by atoms with Crippen LogP contribution in [0.3, 0.4) is 0 Å². The summed E-state index contributed by atoms with van der Waals surface area (Å²) < 4.78 is 23.9. The van der Waals surface area contributed by atoms with Crippen LogP contribution in [0.1, 0.15) is 11.7 Å². The van der Waals surface area contributed by atoms with E-state index in [1.807, 2.05) is 18.2 Å². The number of fused-ring (bicyclic) bond motifs is 1. The summed E-state index contributed by atoms with van der Waals surface area (Å²) in [4.78, 5) is 4.08. The van der Waals surface area contributed by atoms with Crippen LogP contribution < -0.4 is 9.47 Å². The Balaban J connectivity index is 1.79. The fourth-order valence-corrected chi connectivity index (χ4v) is 2.32. The Labute approximate surface area is 133 Å². The highest BCUT2D eigenvalue weighted by molar-refractivity contribution is 5.85. The summed E-state index contributed by atoms with van der Waals surface area (Å²) in [6.45, 7) is 0.0355. The van der Waals surface area contributed by atoms with Gasteiger partial charge in [-0.25, -0.2) is 4.39 Å². The van der Waals surface area contributed by atoms with E-state index in [2.05, 4.69) is 4.98 Å². The lowest BCUT2D eigenvalue weighted by Gasteiger charge is -2.15. The summed E-state index contributed by atoms with van der Waals surface area (Å²) >= 11 is 0. The van der Waals surface area contributed by atoms with Crippen molar-refractivity contribution in [3.63, 3.8) is 0 Å². The number of ether oxygens (including phenoxy) is 2. The second-order valence-corrected chi connectivity index (χ2v) is 5.10. The van der Waals surface area contributed by atoms with Crippen molar-refractivity contribution in [2.45, 2.75) is 6.10 Å². The molecule has 3 rings (SSSR count). The highest BCUT2D eigenvalue weighted by atomic mass is 19.1. The summed E-state index contributed by atoms with van der Waals surface area (Å²) in [5, 5.41) is 12.1. The van der Waals surface area contributed by atoms with Crippen molar-refractivity contribution in [3.05, 3.63) is 66.2 Å². The van der Waals surface area contributed by atoms with Gasteiger partial charge in [-0.05, 0) is 41.3 Å². The molecule has 0 amide bonds. The SMILES string of the molecule is COc1cc2ccncc2cc1OCC(O)c1ccc(F)cc1. The number of aliphatic hydroxyl groups is 1. The van der Waals surface area contributed by atoms with Crippen molar-refractivity contribution in [2.24, 2.45) is 0 Å². The molecular weight excluding hydrogens is 297 g/mol. The maximum absolute atomic E-state index is 12.9. The molecule has 0 aliphatic carbocycles. The van der Waals surface area contributed by atoms with Gasteiger partial charge in [-0.3, -0.25) is 4.98 Å². The van der Waals surface area contributed by atoms with Gasteiger partial charge in [0.25, 0.3) is 0 Å². The van der Waals surface area contributed by atoms with Crippen LogP contribution in [0, 0.1) is 5.82 Å². The molecule has 1 N–H and O–H groups in total. The van der Waals surface area contributed by atoms with Crippen LogP contribution in [0.2, 0.25) is 0 Å². The quantitative estimate of drug-likeness (QED) is 0.783. The molecule has 0 aliphatic heterocycles. The molecule has 23 heavy (non-hydrogen) atoms. The molecule has 0 fully saturated rings. The van der Waals surface area contributed by atoms with Crippen molar-refractivity contribution in [1.29, 1.82) is 0 Å². The first-order valence-corrected chi connectivity index (χ1v) is 7.15. The van der Waals surface area contributed by atoms with Crippen LogP contribution >= 0.6 is 0 Å². The summed E-state index contributed by atoms with van der Waals surface area (Å²) in [6.07, 6.45) is 2.59. The maximum atomic E-state index is 12.9. The lowest BCUT2D eigenvalue weighted by molar-refractivity contribution is 0.106. The normalized spacial score (nSPS) is 12.1. The molecule has 5 heteroatoms. The van der Waals surface area contributed by atoms with E-state index in [0.29, 0.717) is 17.1 Å². The Morgan fingerprint density at radius 1 is 1.09 bits per heavy atom. The zero-order chi connectivity index (χ0) is 16.2. The number of hydrogen-bond donors (Lipinski definition) is 1. The summed E-state index contributed by atoms with van der Waals surface area (Å²) in [7, 11) is 1.56. The first-order chi connectivity index (χ1) is 11.2. The number of hydrogen-bond acceptors (Lipinski definition) is 4. The molecule has 2 aromatic carbocycles. The topological polar surface area (TPSA) is 51.6 Å². The monoisotopic (exact) mass is 313 g/mol. The van der Waals surface area contributed by atoms with E-state index in [9.17, 15) is 9.50 Å². The number of benzene rings is 2. The smallest absolute Gasteiger partial charge is 0.162 e. The van der Waals surface area contributed by atoms with Crippen LogP contribution in [0.4, 0.5) is 4.39 Å². The standard InChI is InChI=1S/C18H16FNO3/c1-22-17-8-13-6-7-20-10-14(13)9-18(17)23-11-16(21)12-2-4-15(19)5-3-12/h2-10,16,21H,11H2,1H3. The predicted octanol–water partition coefficient (Wildman–Crippen LogP) is 3.49. The number of aromatic nitrogens is 1. The molecule has 1 atom stereocenters. The van der Waals surface area contributed by atoms with E-state index >= 15 is 0 Å². The van der Waals surface area contributed by atoms with Gasteiger partial charge >= 0.3 is 0 Å². The molecule has 0 bridgehead atoms. The summed E-state index contributed by atoms with van der Waals surface area (Å²) in [5.74, 6) is 0.759. The molecule has 3 aromatic rings. The third-order valence-corrected chi connectivity index (χ3v) is 3.57.